The Hall–Kier alpha value is -3.21. The third kappa shape index (κ3) is 4.36. The van der Waals surface area contributed by atoms with Gasteiger partial charge in [-0.25, -0.2) is 14.4 Å². The van der Waals surface area contributed by atoms with Crippen LogP contribution in [0.1, 0.15) is 15.2 Å². The number of anilines is 1. The predicted molar refractivity (Wildman–Crippen MR) is 94.4 cm³/mol. The molecule has 3 rings (SSSR count). The number of amides is 1. The van der Waals surface area contributed by atoms with Gasteiger partial charge < -0.3 is 4.74 Å². The first kappa shape index (κ1) is 19.5. The van der Waals surface area contributed by atoms with Crippen molar-refractivity contribution in [3.63, 3.8) is 0 Å². The third-order valence-corrected chi connectivity index (χ3v) is 4.55. The van der Waals surface area contributed by atoms with E-state index in [-0.39, 0.29) is 16.4 Å². The minimum atomic E-state index is -4.42. The summed E-state index contributed by atoms with van der Waals surface area (Å²) in [6.45, 7) is 0. The van der Waals surface area contributed by atoms with E-state index in [1.165, 1.54) is 31.6 Å². The van der Waals surface area contributed by atoms with Gasteiger partial charge in [0.25, 0.3) is 5.91 Å². The number of ether oxygens (including phenoxy) is 1. The van der Waals surface area contributed by atoms with E-state index in [0.29, 0.717) is 10.6 Å². The summed E-state index contributed by atoms with van der Waals surface area (Å²) < 4.78 is 56.1. The molecule has 3 aromatic rings. The van der Waals surface area contributed by atoms with Gasteiger partial charge in [0.1, 0.15) is 9.88 Å². The number of hydrogen-bond donors (Lipinski definition) is 2. The fraction of sp³-hybridized carbons (Fsp3) is 0.118. The molecule has 0 unspecified atom stereocenters. The zero-order valence-electron chi connectivity index (χ0n) is 14.2. The van der Waals surface area contributed by atoms with Gasteiger partial charge in [0.2, 0.25) is 5.88 Å². The van der Waals surface area contributed by atoms with Gasteiger partial charge in [-0.2, -0.15) is 13.2 Å². The second-order valence-corrected chi connectivity index (χ2v) is 6.43. The number of carbonyl (C=O) groups excluding carboxylic acids is 1. The van der Waals surface area contributed by atoms with Gasteiger partial charge in [-0.15, -0.1) is 11.3 Å². The topological polar surface area (TPSA) is 76.1 Å². The molecule has 0 atom stereocenters. The van der Waals surface area contributed by atoms with Crippen molar-refractivity contribution in [2.24, 2.45) is 0 Å². The normalized spacial score (nSPS) is 11.2. The van der Waals surface area contributed by atoms with Crippen LogP contribution >= 0.6 is 11.3 Å². The monoisotopic (exact) mass is 412 g/mol. The molecular formula is C17H12F4N4O2S. The molecule has 28 heavy (non-hydrogen) atoms. The number of rotatable bonds is 5. The highest BCUT2D eigenvalue weighted by atomic mass is 32.1. The Morgan fingerprint density at radius 3 is 2.46 bits per heavy atom. The summed E-state index contributed by atoms with van der Waals surface area (Å²) in [5.41, 5.74) is 4.74. The maximum absolute atomic E-state index is 13.6. The highest BCUT2D eigenvalue weighted by Crippen LogP contribution is 2.32. The molecule has 2 heterocycles. The largest absolute Gasteiger partial charge is 0.479 e. The van der Waals surface area contributed by atoms with Gasteiger partial charge in [-0.05, 0) is 12.1 Å². The summed E-state index contributed by atoms with van der Waals surface area (Å²) in [5.74, 6) is -1.43. The molecule has 2 aromatic heterocycles. The lowest BCUT2D eigenvalue weighted by Gasteiger charge is -2.08. The SMILES string of the molecule is COc1ncc(NNC(=O)c2cnc(-c3ccc(C(F)(F)F)cc3)s2)cc1F. The number of nitrogens with one attached hydrogen (secondary N) is 2. The molecule has 1 amide bonds. The summed E-state index contributed by atoms with van der Waals surface area (Å²) in [7, 11) is 1.28. The van der Waals surface area contributed by atoms with E-state index < -0.39 is 23.5 Å². The van der Waals surface area contributed by atoms with Crippen LogP contribution in [0.15, 0.2) is 42.7 Å². The van der Waals surface area contributed by atoms with Crippen molar-refractivity contribution in [3.05, 3.63) is 59.0 Å². The third-order valence-electron chi connectivity index (χ3n) is 3.51. The number of alkyl halides is 3. The number of methoxy groups -OCH3 is 1. The van der Waals surface area contributed by atoms with E-state index in [4.69, 9.17) is 4.74 Å². The minimum absolute atomic E-state index is 0.180. The molecule has 0 spiro atoms. The number of aromatic nitrogens is 2. The Bertz CT molecular complexity index is 990. The van der Waals surface area contributed by atoms with Gasteiger partial charge in [0.15, 0.2) is 5.82 Å². The van der Waals surface area contributed by atoms with E-state index in [1.54, 1.807) is 0 Å². The second-order valence-electron chi connectivity index (χ2n) is 5.40. The molecule has 0 fully saturated rings. The van der Waals surface area contributed by atoms with E-state index in [1.807, 2.05) is 0 Å². The highest BCUT2D eigenvalue weighted by molar-refractivity contribution is 7.16. The van der Waals surface area contributed by atoms with E-state index in [9.17, 15) is 22.4 Å². The molecule has 6 nitrogen and oxygen atoms in total. The first-order valence-corrected chi connectivity index (χ1v) is 8.49. The molecule has 0 aliphatic carbocycles. The lowest BCUT2D eigenvalue weighted by Crippen LogP contribution is -2.28. The van der Waals surface area contributed by atoms with Crippen molar-refractivity contribution in [2.75, 3.05) is 12.5 Å². The molecule has 146 valence electrons. The molecule has 0 aliphatic rings. The van der Waals surface area contributed by atoms with Crippen LogP contribution in [0.2, 0.25) is 0 Å². The zero-order chi connectivity index (χ0) is 20.3. The van der Waals surface area contributed by atoms with Crippen molar-refractivity contribution in [3.8, 4) is 16.5 Å². The average molecular weight is 412 g/mol. The zero-order valence-corrected chi connectivity index (χ0v) is 15.0. The van der Waals surface area contributed by atoms with Gasteiger partial charge >= 0.3 is 6.18 Å². The molecule has 2 N–H and O–H groups in total. The number of halogens is 4. The van der Waals surface area contributed by atoms with E-state index >= 15 is 0 Å². The number of pyridine rings is 1. The fourth-order valence-corrected chi connectivity index (χ4v) is 2.97. The average Bonchev–Trinajstić information content (AvgIpc) is 3.16. The summed E-state index contributed by atoms with van der Waals surface area (Å²) in [4.78, 5) is 20.1. The van der Waals surface area contributed by atoms with Crippen molar-refractivity contribution < 1.29 is 27.1 Å². The molecular weight excluding hydrogens is 400 g/mol. The van der Waals surface area contributed by atoms with Crippen molar-refractivity contribution >= 4 is 22.9 Å². The van der Waals surface area contributed by atoms with Gasteiger partial charge in [0, 0.05) is 11.6 Å². The quantitative estimate of drug-likeness (QED) is 0.487. The highest BCUT2D eigenvalue weighted by Gasteiger charge is 2.30. The first-order valence-electron chi connectivity index (χ1n) is 7.67. The number of benzene rings is 1. The van der Waals surface area contributed by atoms with E-state index in [0.717, 1.165) is 29.5 Å². The Balaban J connectivity index is 1.66. The van der Waals surface area contributed by atoms with E-state index in [2.05, 4.69) is 20.8 Å². The Morgan fingerprint density at radius 2 is 1.86 bits per heavy atom. The summed E-state index contributed by atoms with van der Waals surface area (Å²) in [5, 5.41) is 0.385. The van der Waals surface area contributed by atoms with Crippen LogP contribution in [-0.4, -0.2) is 23.0 Å². The second kappa shape index (κ2) is 7.80. The van der Waals surface area contributed by atoms with Crippen LogP contribution in [-0.2, 0) is 6.18 Å². The van der Waals surface area contributed by atoms with Crippen LogP contribution < -0.4 is 15.6 Å². The molecule has 0 saturated heterocycles. The lowest BCUT2D eigenvalue weighted by atomic mass is 10.1. The van der Waals surface area contributed by atoms with Gasteiger partial charge in [-0.1, -0.05) is 12.1 Å². The maximum Gasteiger partial charge on any atom is 0.416 e. The molecule has 0 aliphatic heterocycles. The van der Waals surface area contributed by atoms with Gasteiger partial charge in [-0.3, -0.25) is 15.6 Å². The molecule has 11 heteroatoms. The Kier molecular flexibility index (Phi) is 5.45. The summed E-state index contributed by atoms with van der Waals surface area (Å²) in [6, 6.07) is 5.56. The predicted octanol–water partition coefficient (Wildman–Crippen LogP) is 4.13. The molecule has 1 aromatic carbocycles. The molecule has 0 bridgehead atoms. The van der Waals surface area contributed by atoms with Crippen LogP contribution in [0.4, 0.5) is 23.2 Å². The lowest BCUT2D eigenvalue weighted by molar-refractivity contribution is -0.137. The van der Waals surface area contributed by atoms with Crippen LogP contribution in [0, 0.1) is 5.82 Å². The van der Waals surface area contributed by atoms with Crippen molar-refractivity contribution in [1.82, 2.24) is 15.4 Å². The Labute approximate surface area is 160 Å². The Morgan fingerprint density at radius 1 is 1.14 bits per heavy atom. The first-order chi connectivity index (χ1) is 13.3. The number of hydrogen-bond acceptors (Lipinski definition) is 6. The van der Waals surface area contributed by atoms with Crippen molar-refractivity contribution in [2.45, 2.75) is 6.18 Å². The van der Waals surface area contributed by atoms with Crippen LogP contribution in [0.5, 0.6) is 5.88 Å². The minimum Gasteiger partial charge on any atom is -0.479 e. The summed E-state index contributed by atoms with van der Waals surface area (Å²) >= 11 is 0.998. The summed E-state index contributed by atoms with van der Waals surface area (Å²) in [6.07, 6.45) is -1.86. The fourth-order valence-electron chi connectivity index (χ4n) is 2.15. The van der Waals surface area contributed by atoms with Crippen LogP contribution in [0.3, 0.4) is 0 Å². The van der Waals surface area contributed by atoms with Crippen molar-refractivity contribution in [1.29, 1.82) is 0 Å². The smallest absolute Gasteiger partial charge is 0.416 e. The van der Waals surface area contributed by atoms with Gasteiger partial charge in [0.05, 0.1) is 30.8 Å². The van der Waals surface area contributed by atoms with Crippen LogP contribution in [0.25, 0.3) is 10.6 Å². The molecule has 0 saturated carbocycles. The number of hydrazine groups is 1. The number of thiazole rings is 1. The maximum atomic E-state index is 13.6. The number of nitrogens with zero attached hydrogens (tertiary/aromatic N) is 2. The number of carbonyl (C=O) groups is 1. The standard InChI is InChI=1S/C17H12F4N4O2S/c1-27-15-12(18)6-11(7-22-15)24-25-14(26)13-8-23-16(28-13)9-2-4-10(5-3-9)17(19,20)21/h2-8,24H,1H3,(H,25,26). The molecule has 0 radical (unpaired) electrons.